The second-order valence-electron chi connectivity index (χ2n) is 5.95. The fourth-order valence-electron chi connectivity index (χ4n) is 2.96. The third-order valence-electron chi connectivity index (χ3n) is 4.17. The lowest BCUT2D eigenvalue weighted by molar-refractivity contribution is -0.0122. The molecular weight excluding hydrogens is 326 g/mol. The Morgan fingerprint density at radius 3 is 2.79 bits per heavy atom. The van der Waals surface area contributed by atoms with Crippen LogP contribution in [0.15, 0.2) is 30.3 Å². The van der Waals surface area contributed by atoms with Crippen LogP contribution in [0.25, 0.3) is 10.4 Å². The van der Waals surface area contributed by atoms with Gasteiger partial charge in [-0.05, 0) is 42.8 Å². The number of hydrogen-bond acceptors (Lipinski definition) is 5. The minimum absolute atomic E-state index is 0.0824. The Hall–Kier alpha value is -2.05. The Bertz CT molecular complexity index is 757. The van der Waals surface area contributed by atoms with Crippen LogP contribution in [0.5, 0.6) is 11.5 Å². The van der Waals surface area contributed by atoms with Gasteiger partial charge in [-0.25, -0.2) is 0 Å². The minimum atomic E-state index is 0.0824. The van der Waals surface area contributed by atoms with Crippen molar-refractivity contribution in [1.29, 1.82) is 0 Å². The Morgan fingerprint density at radius 1 is 1.12 bits per heavy atom. The van der Waals surface area contributed by atoms with Crippen LogP contribution in [0.2, 0.25) is 0 Å². The Balaban J connectivity index is 1.55. The van der Waals surface area contributed by atoms with E-state index in [4.69, 9.17) is 14.2 Å². The van der Waals surface area contributed by atoms with Crippen molar-refractivity contribution >= 4 is 17.2 Å². The van der Waals surface area contributed by atoms with Crippen LogP contribution in [0.1, 0.15) is 16.6 Å². The van der Waals surface area contributed by atoms with Crippen LogP contribution in [0.3, 0.4) is 0 Å². The molecule has 2 aliphatic heterocycles. The van der Waals surface area contributed by atoms with Crippen LogP contribution >= 0.6 is 11.3 Å². The summed E-state index contributed by atoms with van der Waals surface area (Å²) >= 11 is 1.51. The molecule has 0 bridgehead atoms. The van der Waals surface area contributed by atoms with Crippen molar-refractivity contribution < 1.29 is 19.0 Å². The predicted octanol–water partition coefficient (Wildman–Crippen LogP) is 3.05. The van der Waals surface area contributed by atoms with Gasteiger partial charge >= 0.3 is 0 Å². The molecule has 4 rings (SSSR count). The molecule has 1 amide bonds. The van der Waals surface area contributed by atoms with Gasteiger partial charge in [0.1, 0.15) is 13.2 Å². The van der Waals surface area contributed by atoms with Crippen LogP contribution in [-0.4, -0.2) is 49.8 Å². The highest BCUT2D eigenvalue weighted by molar-refractivity contribution is 7.17. The zero-order chi connectivity index (χ0) is 16.5. The number of carbonyl (C=O) groups is 1. The van der Waals surface area contributed by atoms with E-state index in [2.05, 4.69) is 0 Å². The van der Waals surface area contributed by atoms with Gasteiger partial charge in [0, 0.05) is 18.0 Å². The van der Waals surface area contributed by atoms with Crippen molar-refractivity contribution in [3.8, 4) is 21.9 Å². The zero-order valence-corrected chi connectivity index (χ0v) is 14.3. The van der Waals surface area contributed by atoms with Crippen molar-refractivity contribution in [2.24, 2.45) is 0 Å². The van der Waals surface area contributed by atoms with Gasteiger partial charge in [-0.3, -0.25) is 4.79 Å². The number of fused-ring (bicyclic) bond motifs is 1. The monoisotopic (exact) mass is 345 g/mol. The van der Waals surface area contributed by atoms with E-state index >= 15 is 0 Å². The van der Waals surface area contributed by atoms with E-state index in [1.165, 1.54) is 11.3 Å². The molecule has 1 saturated heterocycles. The number of nitrogens with zero attached hydrogens (tertiary/aromatic N) is 1. The van der Waals surface area contributed by atoms with Crippen molar-refractivity contribution in [2.45, 2.75) is 13.0 Å². The summed E-state index contributed by atoms with van der Waals surface area (Å²) in [6, 6.07) is 9.80. The number of rotatable bonds is 2. The Labute approximate surface area is 144 Å². The van der Waals surface area contributed by atoms with E-state index in [9.17, 15) is 4.79 Å². The fraction of sp³-hybridized carbons (Fsp3) is 0.389. The van der Waals surface area contributed by atoms with Crippen LogP contribution < -0.4 is 9.47 Å². The highest BCUT2D eigenvalue weighted by Crippen LogP contribution is 2.37. The van der Waals surface area contributed by atoms with E-state index in [0.717, 1.165) is 26.8 Å². The lowest BCUT2D eigenvalue weighted by atomic mass is 10.1. The lowest BCUT2D eigenvalue weighted by Gasteiger charge is -2.30. The van der Waals surface area contributed by atoms with Gasteiger partial charge in [-0.1, -0.05) is 0 Å². The fourth-order valence-corrected chi connectivity index (χ4v) is 3.93. The first-order chi connectivity index (χ1) is 11.7. The normalized spacial score (nSPS) is 20.0. The van der Waals surface area contributed by atoms with E-state index in [1.807, 2.05) is 42.2 Å². The van der Waals surface area contributed by atoms with Crippen molar-refractivity contribution in [1.82, 2.24) is 4.90 Å². The second-order valence-corrected chi connectivity index (χ2v) is 7.04. The molecule has 6 heteroatoms. The van der Waals surface area contributed by atoms with Crippen molar-refractivity contribution in [2.75, 3.05) is 32.9 Å². The largest absolute Gasteiger partial charge is 0.486 e. The highest BCUT2D eigenvalue weighted by atomic mass is 32.1. The summed E-state index contributed by atoms with van der Waals surface area (Å²) in [6.45, 7) is 5.06. The maximum absolute atomic E-state index is 12.7. The second kappa shape index (κ2) is 6.45. The molecule has 0 saturated carbocycles. The van der Waals surface area contributed by atoms with E-state index in [1.54, 1.807) is 0 Å². The number of benzene rings is 1. The lowest BCUT2D eigenvalue weighted by Crippen LogP contribution is -2.44. The molecule has 126 valence electrons. The van der Waals surface area contributed by atoms with Gasteiger partial charge in [0.2, 0.25) is 0 Å². The number of amides is 1. The Morgan fingerprint density at radius 2 is 1.96 bits per heavy atom. The number of hydrogen-bond donors (Lipinski definition) is 0. The topological polar surface area (TPSA) is 48.0 Å². The van der Waals surface area contributed by atoms with Gasteiger partial charge < -0.3 is 19.1 Å². The molecule has 0 radical (unpaired) electrons. The van der Waals surface area contributed by atoms with Gasteiger partial charge in [0.05, 0.1) is 17.6 Å². The third kappa shape index (κ3) is 2.99. The highest BCUT2D eigenvalue weighted by Gasteiger charge is 2.24. The third-order valence-corrected chi connectivity index (χ3v) is 5.29. The molecule has 2 aliphatic rings. The first kappa shape index (κ1) is 15.5. The quantitative estimate of drug-likeness (QED) is 0.839. The summed E-state index contributed by atoms with van der Waals surface area (Å²) in [6.07, 6.45) is 0.0972. The molecule has 0 aliphatic carbocycles. The average molecular weight is 345 g/mol. The zero-order valence-electron chi connectivity index (χ0n) is 13.5. The van der Waals surface area contributed by atoms with Crippen molar-refractivity contribution in [3.63, 3.8) is 0 Å². The van der Waals surface area contributed by atoms with Gasteiger partial charge in [0.25, 0.3) is 5.91 Å². The van der Waals surface area contributed by atoms with E-state index < -0.39 is 0 Å². The molecule has 0 N–H and O–H groups in total. The molecule has 1 unspecified atom stereocenters. The standard InChI is InChI=1S/C18H19NO4S/c1-12-11-19(6-7-21-12)18(20)17-5-4-16(24-17)13-2-3-14-15(10-13)23-9-8-22-14/h2-5,10,12H,6-9,11H2,1H3. The summed E-state index contributed by atoms with van der Waals surface area (Å²) in [4.78, 5) is 16.3. The van der Waals surface area contributed by atoms with Crippen LogP contribution in [0.4, 0.5) is 0 Å². The summed E-state index contributed by atoms with van der Waals surface area (Å²) in [5.41, 5.74) is 1.04. The van der Waals surface area contributed by atoms with Crippen molar-refractivity contribution in [3.05, 3.63) is 35.2 Å². The maximum Gasteiger partial charge on any atom is 0.264 e. The molecule has 0 spiro atoms. The molecular formula is C18H19NO4S. The molecule has 24 heavy (non-hydrogen) atoms. The molecule has 2 aromatic rings. The van der Waals surface area contributed by atoms with Gasteiger partial charge in [-0.15, -0.1) is 11.3 Å². The molecule has 1 aromatic heterocycles. The maximum atomic E-state index is 12.7. The molecule has 1 atom stereocenters. The number of thiophene rings is 1. The summed E-state index contributed by atoms with van der Waals surface area (Å²) in [5.74, 6) is 1.63. The molecule has 1 fully saturated rings. The molecule has 5 nitrogen and oxygen atoms in total. The summed E-state index contributed by atoms with van der Waals surface area (Å²) < 4.78 is 16.7. The first-order valence-corrected chi connectivity index (χ1v) is 8.93. The van der Waals surface area contributed by atoms with Gasteiger partial charge in [-0.2, -0.15) is 0 Å². The molecule has 3 heterocycles. The average Bonchev–Trinajstić information content (AvgIpc) is 3.11. The Kier molecular flexibility index (Phi) is 4.16. The van der Waals surface area contributed by atoms with Crippen LogP contribution in [-0.2, 0) is 4.74 Å². The smallest absolute Gasteiger partial charge is 0.264 e. The molecule has 1 aromatic carbocycles. The minimum Gasteiger partial charge on any atom is -0.486 e. The van der Waals surface area contributed by atoms with Crippen LogP contribution in [0, 0.1) is 0 Å². The van der Waals surface area contributed by atoms with Gasteiger partial charge in [0.15, 0.2) is 11.5 Å². The summed E-state index contributed by atoms with van der Waals surface area (Å²) in [5, 5.41) is 0. The SMILES string of the molecule is CC1CN(C(=O)c2ccc(-c3ccc4c(c3)OCCO4)s2)CCO1. The number of ether oxygens (including phenoxy) is 3. The predicted molar refractivity (Wildman–Crippen MR) is 92.1 cm³/mol. The number of carbonyl (C=O) groups excluding carboxylic acids is 1. The van der Waals surface area contributed by atoms with E-state index in [0.29, 0.717) is 32.9 Å². The number of morpholine rings is 1. The first-order valence-electron chi connectivity index (χ1n) is 8.11. The summed E-state index contributed by atoms with van der Waals surface area (Å²) in [7, 11) is 0. The van der Waals surface area contributed by atoms with E-state index in [-0.39, 0.29) is 12.0 Å².